The Hall–Kier alpha value is -2.49. The van der Waals surface area contributed by atoms with E-state index in [1.165, 1.54) is 12.1 Å². The van der Waals surface area contributed by atoms with Gasteiger partial charge in [-0.2, -0.15) is 0 Å². The van der Waals surface area contributed by atoms with Crippen LogP contribution in [0.5, 0.6) is 11.5 Å². The number of carboxylic acids is 1. The molecule has 0 spiro atoms. The van der Waals surface area contributed by atoms with Gasteiger partial charge in [0.1, 0.15) is 17.1 Å². The summed E-state index contributed by atoms with van der Waals surface area (Å²) in [4.78, 5) is 10.3. The molecule has 0 fully saturated rings. The lowest BCUT2D eigenvalue weighted by atomic mass is 10.2. The van der Waals surface area contributed by atoms with E-state index in [1.807, 2.05) is 25.1 Å². The molecule has 2 aromatic carbocycles. The van der Waals surface area contributed by atoms with Gasteiger partial charge in [-0.25, -0.2) is 4.79 Å². The Morgan fingerprint density at radius 3 is 1.72 bits per heavy atom. The Morgan fingerprint density at radius 1 is 0.889 bits per heavy atom. The molecule has 2 rings (SSSR count). The third-order valence-corrected chi connectivity index (χ3v) is 2.25. The summed E-state index contributed by atoms with van der Waals surface area (Å²) < 4.78 is 0. The second-order valence-corrected chi connectivity index (χ2v) is 3.61. The first-order valence-electron chi connectivity index (χ1n) is 5.28. The molecule has 0 aromatic heterocycles. The molecule has 0 aliphatic carbocycles. The molecule has 0 radical (unpaired) electrons. The summed E-state index contributed by atoms with van der Waals surface area (Å²) in [5.74, 6) is -0.944. The van der Waals surface area contributed by atoms with E-state index in [1.54, 1.807) is 18.2 Å². The fourth-order valence-corrected chi connectivity index (χ4v) is 1.22. The van der Waals surface area contributed by atoms with Crippen molar-refractivity contribution in [3.05, 3.63) is 59.7 Å². The van der Waals surface area contributed by atoms with Gasteiger partial charge < -0.3 is 15.3 Å². The fourth-order valence-electron chi connectivity index (χ4n) is 1.22. The standard InChI is InChI=1S/C7H6O3.C7H8O/c8-6-4-2-1-3-5(6)7(9)10;1-6-4-2-3-5-7(6)8/h1-4,8H,(H,9,10);2-5,8H,1H3. The summed E-state index contributed by atoms with van der Waals surface area (Å²) >= 11 is 0. The number of carboxylic acid groups (broad SMARTS) is 1. The van der Waals surface area contributed by atoms with Gasteiger partial charge in [0, 0.05) is 0 Å². The highest BCUT2D eigenvalue weighted by molar-refractivity contribution is 5.90. The largest absolute Gasteiger partial charge is 0.508 e. The number of aryl methyl sites for hydroxylation is 1. The van der Waals surface area contributed by atoms with Gasteiger partial charge >= 0.3 is 5.97 Å². The molecule has 0 bridgehead atoms. The van der Waals surface area contributed by atoms with Crippen LogP contribution in [0.4, 0.5) is 0 Å². The van der Waals surface area contributed by atoms with Crippen molar-refractivity contribution in [3.8, 4) is 11.5 Å². The third-order valence-electron chi connectivity index (χ3n) is 2.25. The van der Waals surface area contributed by atoms with E-state index in [2.05, 4.69) is 0 Å². The molecule has 0 amide bonds. The molecule has 3 N–H and O–H groups in total. The average Bonchev–Trinajstić information content (AvgIpc) is 2.34. The summed E-state index contributed by atoms with van der Waals surface area (Å²) in [5, 5.41) is 26.2. The van der Waals surface area contributed by atoms with Gasteiger partial charge in [0.05, 0.1) is 0 Å². The van der Waals surface area contributed by atoms with Crippen molar-refractivity contribution in [3.63, 3.8) is 0 Å². The first-order valence-corrected chi connectivity index (χ1v) is 5.28. The van der Waals surface area contributed by atoms with Gasteiger partial charge in [0.2, 0.25) is 0 Å². The van der Waals surface area contributed by atoms with Crippen LogP contribution < -0.4 is 0 Å². The lowest BCUT2D eigenvalue weighted by Crippen LogP contribution is -1.95. The summed E-state index contributed by atoms with van der Waals surface area (Å²) in [5.41, 5.74) is 0.856. The smallest absolute Gasteiger partial charge is 0.339 e. The first kappa shape index (κ1) is 13.6. The summed E-state index contributed by atoms with van der Waals surface area (Å²) in [6.45, 7) is 1.87. The van der Waals surface area contributed by atoms with Gasteiger partial charge in [0.25, 0.3) is 0 Å². The summed E-state index contributed by atoms with van der Waals surface area (Å²) in [7, 11) is 0. The number of hydrogen-bond donors (Lipinski definition) is 3. The Balaban J connectivity index is 0.000000184. The Kier molecular flexibility index (Phi) is 4.75. The maximum atomic E-state index is 10.3. The fraction of sp³-hybridized carbons (Fsp3) is 0.0714. The molecule has 94 valence electrons. The van der Waals surface area contributed by atoms with Crippen molar-refractivity contribution in [2.45, 2.75) is 6.92 Å². The van der Waals surface area contributed by atoms with Gasteiger partial charge in [-0.1, -0.05) is 30.3 Å². The molecule has 4 heteroatoms. The van der Waals surface area contributed by atoms with Crippen LogP contribution in [0.1, 0.15) is 15.9 Å². The van der Waals surface area contributed by atoms with E-state index in [-0.39, 0.29) is 11.3 Å². The van der Waals surface area contributed by atoms with Crippen LogP contribution in [0.15, 0.2) is 48.5 Å². The van der Waals surface area contributed by atoms with Gasteiger partial charge in [-0.15, -0.1) is 0 Å². The zero-order valence-corrected chi connectivity index (χ0v) is 9.87. The van der Waals surface area contributed by atoms with E-state index < -0.39 is 5.97 Å². The van der Waals surface area contributed by atoms with Crippen LogP contribution in [0, 0.1) is 6.92 Å². The molecule has 18 heavy (non-hydrogen) atoms. The molecule has 0 unspecified atom stereocenters. The Bertz CT molecular complexity index is 514. The Morgan fingerprint density at radius 2 is 1.39 bits per heavy atom. The highest BCUT2D eigenvalue weighted by Gasteiger charge is 2.05. The maximum Gasteiger partial charge on any atom is 0.339 e. The zero-order valence-electron chi connectivity index (χ0n) is 9.87. The van der Waals surface area contributed by atoms with Crippen LogP contribution in [0.2, 0.25) is 0 Å². The molecule has 4 nitrogen and oxygen atoms in total. The lowest BCUT2D eigenvalue weighted by molar-refractivity contribution is 0.0693. The number of carbonyl (C=O) groups is 1. The van der Waals surface area contributed by atoms with Crippen molar-refractivity contribution in [2.24, 2.45) is 0 Å². The molecule has 0 atom stereocenters. The molecular weight excluding hydrogens is 232 g/mol. The van der Waals surface area contributed by atoms with Crippen LogP contribution in [-0.4, -0.2) is 21.3 Å². The SMILES string of the molecule is Cc1ccccc1O.O=C(O)c1ccccc1O. The second-order valence-electron chi connectivity index (χ2n) is 3.61. The normalized spacial score (nSPS) is 9.17. The number of aromatic carboxylic acids is 1. The van der Waals surface area contributed by atoms with Crippen molar-refractivity contribution < 1.29 is 20.1 Å². The second kappa shape index (κ2) is 6.30. The number of aromatic hydroxyl groups is 2. The number of benzene rings is 2. The predicted octanol–water partition coefficient (Wildman–Crippen LogP) is 2.79. The third kappa shape index (κ3) is 3.83. The zero-order chi connectivity index (χ0) is 13.5. The monoisotopic (exact) mass is 246 g/mol. The lowest BCUT2D eigenvalue weighted by Gasteiger charge is -1.95. The molecule has 2 aromatic rings. The minimum atomic E-state index is -1.11. The van der Waals surface area contributed by atoms with Crippen molar-refractivity contribution in [1.82, 2.24) is 0 Å². The van der Waals surface area contributed by atoms with Gasteiger partial charge in [-0.05, 0) is 30.7 Å². The quantitative estimate of drug-likeness (QED) is 0.723. The van der Waals surface area contributed by atoms with Gasteiger partial charge in [-0.3, -0.25) is 0 Å². The molecule has 0 aliphatic rings. The summed E-state index contributed by atoms with van der Waals surface area (Å²) in [6, 6.07) is 13.1. The van der Waals surface area contributed by atoms with Crippen molar-refractivity contribution in [2.75, 3.05) is 0 Å². The van der Waals surface area contributed by atoms with E-state index >= 15 is 0 Å². The van der Waals surface area contributed by atoms with Crippen LogP contribution in [0.25, 0.3) is 0 Å². The van der Waals surface area contributed by atoms with E-state index in [4.69, 9.17) is 15.3 Å². The highest BCUT2D eigenvalue weighted by Crippen LogP contribution is 2.14. The first-order chi connectivity index (χ1) is 8.52. The van der Waals surface area contributed by atoms with Crippen molar-refractivity contribution in [1.29, 1.82) is 0 Å². The number of para-hydroxylation sites is 2. The molecular formula is C14H14O4. The molecule has 0 heterocycles. The van der Waals surface area contributed by atoms with Gasteiger partial charge in [0.15, 0.2) is 0 Å². The number of phenols is 2. The summed E-state index contributed by atoms with van der Waals surface area (Å²) in [6.07, 6.45) is 0. The average molecular weight is 246 g/mol. The van der Waals surface area contributed by atoms with E-state index in [0.717, 1.165) is 5.56 Å². The maximum absolute atomic E-state index is 10.3. The Labute approximate surface area is 105 Å². The minimum Gasteiger partial charge on any atom is -0.508 e. The van der Waals surface area contributed by atoms with Crippen molar-refractivity contribution >= 4 is 5.97 Å². The molecule has 0 saturated heterocycles. The number of phenolic OH excluding ortho intramolecular Hbond substituents is 1. The van der Waals surface area contributed by atoms with Crippen LogP contribution in [0.3, 0.4) is 0 Å². The molecule has 0 aliphatic heterocycles. The van der Waals surface area contributed by atoms with Crippen LogP contribution >= 0.6 is 0 Å². The number of hydrogen-bond acceptors (Lipinski definition) is 3. The van der Waals surface area contributed by atoms with E-state index in [0.29, 0.717) is 5.75 Å². The number of rotatable bonds is 1. The predicted molar refractivity (Wildman–Crippen MR) is 67.9 cm³/mol. The minimum absolute atomic E-state index is 0.0671. The topological polar surface area (TPSA) is 77.8 Å². The van der Waals surface area contributed by atoms with Crippen LogP contribution in [-0.2, 0) is 0 Å². The molecule has 0 saturated carbocycles. The highest BCUT2D eigenvalue weighted by atomic mass is 16.4. The van der Waals surface area contributed by atoms with E-state index in [9.17, 15) is 4.79 Å².